The zero-order valence-electron chi connectivity index (χ0n) is 20.5. The molecule has 0 unspecified atom stereocenters. The minimum absolute atomic E-state index is 0.315. The second-order valence-corrected chi connectivity index (χ2v) is 15.9. The predicted octanol–water partition coefficient (Wildman–Crippen LogP) is 6.76. The molecular formula is C33H19NO2SSe2. The van der Waals surface area contributed by atoms with Gasteiger partial charge in [0.25, 0.3) is 0 Å². The number of sulfone groups is 1. The van der Waals surface area contributed by atoms with Crippen LogP contribution in [-0.2, 0) is 15.3 Å². The van der Waals surface area contributed by atoms with Crippen LogP contribution in [0.1, 0.15) is 22.3 Å². The number of rotatable bonds is 1. The van der Waals surface area contributed by atoms with Gasteiger partial charge < -0.3 is 0 Å². The molecule has 0 atom stereocenters. The van der Waals surface area contributed by atoms with Gasteiger partial charge >= 0.3 is 234 Å². The molecule has 186 valence electrons. The van der Waals surface area contributed by atoms with Gasteiger partial charge in [0.1, 0.15) is 0 Å². The van der Waals surface area contributed by atoms with Gasteiger partial charge in [-0.25, -0.2) is 0 Å². The van der Waals surface area contributed by atoms with Crippen LogP contribution in [0.4, 0.5) is 17.1 Å². The molecule has 0 bridgehead atoms. The third kappa shape index (κ3) is 2.62. The summed E-state index contributed by atoms with van der Waals surface area (Å²) < 4.78 is 29.8. The molecule has 0 saturated heterocycles. The van der Waals surface area contributed by atoms with Crippen LogP contribution in [0.25, 0.3) is 20.0 Å². The fraction of sp³-hybridized carbons (Fsp3) is 0.0303. The first-order valence-electron chi connectivity index (χ1n) is 12.8. The molecule has 0 amide bonds. The van der Waals surface area contributed by atoms with E-state index in [1.54, 1.807) is 27.1 Å². The third-order valence-electron chi connectivity index (χ3n) is 8.42. The van der Waals surface area contributed by atoms with Crippen LogP contribution in [0.2, 0.25) is 0 Å². The Kier molecular flexibility index (Phi) is 4.39. The first-order chi connectivity index (χ1) is 19.1. The molecule has 39 heavy (non-hydrogen) atoms. The monoisotopic (exact) mass is 653 g/mol. The van der Waals surface area contributed by atoms with Crippen molar-refractivity contribution >= 4 is 55.9 Å². The van der Waals surface area contributed by atoms with Gasteiger partial charge in [0.15, 0.2) is 0 Å². The quantitative estimate of drug-likeness (QED) is 0.184. The predicted molar refractivity (Wildman–Crippen MR) is 157 cm³/mol. The Bertz CT molecular complexity index is 2030. The molecule has 0 fully saturated rings. The molecule has 2 aliphatic heterocycles. The molecule has 0 saturated carbocycles. The Morgan fingerprint density at radius 2 is 1.13 bits per heavy atom. The molecule has 9 rings (SSSR count). The second kappa shape index (κ2) is 7.63. The van der Waals surface area contributed by atoms with Crippen molar-refractivity contribution in [3.05, 3.63) is 135 Å². The SMILES string of the molecule is O=S1(=O)c2ccccc2-c2cc(N3c4ccccc4C4(c5ccccc53)c3cc[se]c3-c3[se]ccc34)ccc21. The van der Waals surface area contributed by atoms with Gasteiger partial charge in [-0.05, 0) is 0 Å². The van der Waals surface area contributed by atoms with E-state index in [4.69, 9.17) is 0 Å². The molecule has 3 aliphatic rings. The van der Waals surface area contributed by atoms with Crippen LogP contribution < -0.4 is 4.90 Å². The van der Waals surface area contributed by atoms with Crippen molar-refractivity contribution in [1.29, 1.82) is 0 Å². The van der Waals surface area contributed by atoms with Crippen LogP contribution in [-0.4, -0.2) is 37.4 Å². The maximum atomic E-state index is 13.3. The summed E-state index contributed by atoms with van der Waals surface area (Å²) in [5, 5.41) is 0. The zero-order valence-corrected chi connectivity index (χ0v) is 24.7. The van der Waals surface area contributed by atoms with E-state index in [0.717, 1.165) is 28.2 Å². The summed E-state index contributed by atoms with van der Waals surface area (Å²) in [5.74, 6) is 0. The Morgan fingerprint density at radius 1 is 0.564 bits per heavy atom. The van der Waals surface area contributed by atoms with E-state index < -0.39 is 9.84 Å². The summed E-state index contributed by atoms with van der Waals surface area (Å²) in [7, 11) is -3.51. The average molecular weight is 652 g/mol. The first-order valence-corrected chi connectivity index (χ1v) is 17.9. The summed E-state index contributed by atoms with van der Waals surface area (Å²) >= 11 is 0.736. The van der Waals surface area contributed by atoms with E-state index in [1.165, 1.54) is 22.3 Å². The summed E-state index contributed by atoms with van der Waals surface area (Å²) in [6, 6.07) is 35.5. The van der Waals surface area contributed by atoms with Crippen LogP contribution in [0.3, 0.4) is 0 Å². The summed E-state index contributed by atoms with van der Waals surface area (Å²) in [4.78, 5) is 7.88. The van der Waals surface area contributed by atoms with E-state index in [0.29, 0.717) is 38.8 Å². The van der Waals surface area contributed by atoms with Gasteiger partial charge in [0.05, 0.1) is 0 Å². The van der Waals surface area contributed by atoms with Crippen LogP contribution in [0.15, 0.2) is 123 Å². The number of para-hydroxylation sites is 2. The number of fused-ring (bicyclic) bond motifs is 12. The molecule has 2 aromatic heterocycles. The van der Waals surface area contributed by atoms with Crippen molar-refractivity contribution in [2.24, 2.45) is 0 Å². The fourth-order valence-electron chi connectivity index (χ4n) is 6.95. The molecular weight excluding hydrogens is 632 g/mol. The Balaban J connectivity index is 1.36. The van der Waals surface area contributed by atoms with E-state index in [1.807, 2.05) is 18.2 Å². The Hall–Kier alpha value is -3.37. The summed E-state index contributed by atoms with van der Waals surface area (Å²) in [6.07, 6.45) is 0. The molecule has 6 heteroatoms. The first kappa shape index (κ1) is 22.4. The van der Waals surface area contributed by atoms with Crippen molar-refractivity contribution in [1.82, 2.24) is 0 Å². The van der Waals surface area contributed by atoms with Crippen molar-refractivity contribution in [3.8, 4) is 20.0 Å². The molecule has 1 spiro atoms. The topological polar surface area (TPSA) is 37.4 Å². The van der Waals surface area contributed by atoms with Crippen molar-refractivity contribution in [2.75, 3.05) is 4.90 Å². The molecule has 4 heterocycles. The van der Waals surface area contributed by atoms with Gasteiger partial charge in [0, 0.05) is 0 Å². The minimum atomic E-state index is -3.51. The van der Waals surface area contributed by atoms with E-state index in [2.05, 4.69) is 81.5 Å². The molecule has 0 N–H and O–H groups in total. The average Bonchev–Trinajstić information content (AvgIpc) is 3.73. The van der Waals surface area contributed by atoms with Crippen molar-refractivity contribution in [2.45, 2.75) is 15.2 Å². The summed E-state index contributed by atoms with van der Waals surface area (Å²) in [5.41, 5.74) is 9.98. The molecule has 1 aliphatic carbocycles. The number of hydrogen-bond acceptors (Lipinski definition) is 3. The Morgan fingerprint density at radius 3 is 1.79 bits per heavy atom. The van der Waals surface area contributed by atoms with Gasteiger partial charge in [0.2, 0.25) is 0 Å². The van der Waals surface area contributed by atoms with Gasteiger partial charge in [-0.1, -0.05) is 6.07 Å². The number of nitrogens with zero attached hydrogens (tertiary/aromatic N) is 1. The number of hydrogen-bond donors (Lipinski definition) is 0. The summed E-state index contributed by atoms with van der Waals surface area (Å²) in [6.45, 7) is 0. The maximum absolute atomic E-state index is 13.3. The second-order valence-electron chi connectivity index (χ2n) is 10.1. The van der Waals surface area contributed by atoms with Crippen molar-refractivity contribution < 1.29 is 8.42 Å². The molecule has 6 aromatic rings. The third-order valence-corrected chi connectivity index (χ3v) is 14.9. The van der Waals surface area contributed by atoms with Crippen LogP contribution in [0, 0.1) is 0 Å². The molecule has 4 aromatic carbocycles. The van der Waals surface area contributed by atoms with Crippen molar-refractivity contribution in [3.63, 3.8) is 0 Å². The standard InChI is InChI=1S/C33H19NO2SSe2/c35-37(36)29-12-6-1-7-21(29)22-19-20(13-14-30(22)37)34-27-10-4-2-8-23(27)33(24-9-3-5-11-28(24)34)25-15-17-38-31(25)32-26(33)16-18-39-32/h1-19H. The van der Waals surface area contributed by atoms with E-state index in [-0.39, 0.29) is 5.41 Å². The zero-order chi connectivity index (χ0) is 25.9. The van der Waals surface area contributed by atoms with Gasteiger partial charge in [-0.15, -0.1) is 0 Å². The number of benzene rings is 4. The van der Waals surface area contributed by atoms with E-state index in [9.17, 15) is 8.42 Å². The van der Waals surface area contributed by atoms with E-state index >= 15 is 0 Å². The van der Waals surface area contributed by atoms with Gasteiger partial charge in [-0.3, -0.25) is 0 Å². The van der Waals surface area contributed by atoms with Crippen LogP contribution in [0.5, 0.6) is 0 Å². The molecule has 0 radical (unpaired) electrons. The normalized spacial score (nSPS) is 16.3. The van der Waals surface area contributed by atoms with Crippen LogP contribution >= 0.6 is 0 Å². The fourth-order valence-corrected chi connectivity index (χ4v) is 13.5. The van der Waals surface area contributed by atoms with Gasteiger partial charge in [-0.2, -0.15) is 0 Å². The molecule has 3 nitrogen and oxygen atoms in total. The number of anilines is 3. The Labute approximate surface area is 238 Å².